The van der Waals surface area contributed by atoms with Gasteiger partial charge in [0.1, 0.15) is 0 Å². The minimum absolute atomic E-state index is 0.0384. The summed E-state index contributed by atoms with van der Waals surface area (Å²) >= 11 is 0. The van der Waals surface area contributed by atoms with Crippen LogP contribution in [0, 0.1) is 18.6 Å². The van der Waals surface area contributed by atoms with Crippen LogP contribution in [0.25, 0.3) is 0 Å². The summed E-state index contributed by atoms with van der Waals surface area (Å²) in [5, 5.41) is 5.95. The lowest BCUT2D eigenvalue weighted by Crippen LogP contribution is -2.25. The molecule has 130 valence electrons. The van der Waals surface area contributed by atoms with Crippen LogP contribution in [0.2, 0.25) is 0 Å². The molecule has 0 saturated carbocycles. The molecular weight excluding hydrogens is 333 g/mol. The second-order valence-corrected chi connectivity index (χ2v) is 5.13. The molecule has 0 unspecified atom stereocenters. The van der Waals surface area contributed by atoms with Gasteiger partial charge in [0.2, 0.25) is 0 Å². The molecule has 0 aliphatic heterocycles. The van der Waals surface area contributed by atoms with Gasteiger partial charge >= 0.3 is 6.18 Å². The lowest BCUT2D eigenvalue weighted by Gasteiger charge is -2.07. The molecule has 0 aliphatic rings. The Kier molecular flexibility index (Phi) is 5.20. The zero-order chi connectivity index (χ0) is 17.9. The van der Waals surface area contributed by atoms with Gasteiger partial charge in [0, 0.05) is 24.3 Å². The summed E-state index contributed by atoms with van der Waals surface area (Å²) in [4.78, 5) is 11.8. The third-order valence-electron chi connectivity index (χ3n) is 3.29. The van der Waals surface area contributed by atoms with Crippen molar-refractivity contribution in [1.82, 2.24) is 15.1 Å². The second kappa shape index (κ2) is 6.98. The van der Waals surface area contributed by atoms with Crippen LogP contribution >= 0.6 is 0 Å². The molecule has 9 heteroatoms. The summed E-state index contributed by atoms with van der Waals surface area (Å²) < 4.78 is 64.6. The van der Waals surface area contributed by atoms with Gasteiger partial charge in [-0.3, -0.25) is 9.48 Å². The molecule has 0 aliphatic carbocycles. The summed E-state index contributed by atoms with van der Waals surface area (Å²) in [5.41, 5.74) is -0.649. The van der Waals surface area contributed by atoms with Crippen molar-refractivity contribution in [2.24, 2.45) is 0 Å². The lowest BCUT2D eigenvalue weighted by molar-refractivity contribution is -0.141. The number of aryl methyl sites for hydroxylation is 2. The van der Waals surface area contributed by atoms with Crippen molar-refractivity contribution in [2.75, 3.05) is 6.54 Å². The smallest absolute Gasteiger partial charge is 0.352 e. The number of carbonyl (C=O) groups excluding carboxylic acids is 1. The minimum atomic E-state index is -4.50. The van der Waals surface area contributed by atoms with E-state index in [1.54, 1.807) is 0 Å². The van der Waals surface area contributed by atoms with Crippen molar-refractivity contribution in [1.29, 1.82) is 0 Å². The number of amides is 1. The van der Waals surface area contributed by atoms with Gasteiger partial charge in [-0.2, -0.15) is 18.3 Å². The van der Waals surface area contributed by atoms with Gasteiger partial charge in [-0.15, -0.1) is 0 Å². The second-order valence-electron chi connectivity index (χ2n) is 5.13. The molecule has 1 N–H and O–H groups in total. The number of carbonyl (C=O) groups is 1. The fourth-order valence-corrected chi connectivity index (χ4v) is 2.05. The van der Waals surface area contributed by atoms with Crippen LogP contribution < -0.4 is 5.32 Å². The van der Waals surface area contributed by atoms with Gasteiger partial charge < -0.3 is 5.32 Å². The number of alkyl halides is 3. The molecule has 1 aromatic heterocycles. The van der Waals surface area contributed by atoms with Crippen LogP contribution in [0.4, 0.5) is 22.0 Å². The van der Waals surface area contributed by atoms with E-state index in [0.717, 1.165) is 24.3 Å². The minimum Gasteiger partial charge on any atom is -0.352 e. The predicted octanol–water partition coefficient (Wildman–Crippen LogP) is 3.31. The Morgan fingerprint density at radius 2 is 1.92 bits per heavy atom. The van der Waals surface area contributed by atoms with Gasteiger partial charge in [-0.1, -0.05) is 0 Å². The Morgan fingerprint density at radius 3 is 2.50 bits per heavy atom. The fourth-order valence-electron chi connectivity index (χ4n) is 2.05. The fraction of sp³-hybridized carbons (Fsp3) is 0.333. The molecular formula is C15H14F5N3O. The topological polar surface area (TPSA) is 46.9 Å². The molecule has 0 bridgehead atoms. The van der Waals surface area contributed by atoms with E-state index in [0.29, 0.717) is 12.1 Å². The largest absolute Gasteiger partial charge is 0.435 e. The summed E-state index contributed by atoms with van der Waals surface area (Å²) in [6, 6.07) is 3.70. The normalized spacial score (nSPS) is 11.6. The first-order valence-electron chi connectivity index (χ1n) is 7.03. The average molecular weight is 347 g/mol. The number of hydrogen-bond acceptors (Lipinski definition) is 2. The van der Waals surface area contributed by atoms with E-state index in [-0.39, 0.29) is 18.7 Å². The molecule has 0 atom stereocenters. The highest BCUT2D eigenvalue weighted by atomic mass is 19.4. The maximum Gasteiger partial charge on any atom is 0.435 e. The summed E-state index contributed by atoms with van der Waals surface area (Å²) in [5.74, 6) is -2.78. The van der Waals surface area contributed by atoms with Gasteiger partial charge in [-0.05, 0) is 37.6 Å². The number of aromatic nitrogens is 2. The van der Waals surface area contributed by atoms with Crippen molar-refractivity contribution in [3.8, 4) is 0 Å². The lowest BCUT2D eigenvalue weighted by atomic mass is 10.2. The van der Waals surface area contributed by atoms with Crippen molar-refractivity contribution in [3.05, 3.63) is 52.9 Å². The average Bonchev–Trinajstić information content (AvgIpc) is 2.87. The zero-order valence-electron chi connectivity index (χ0n) is 12.6. The van der Waals surface area contributed by atoms with Gasteiger partial charge in [0.05, 0.1) is 0 Å². The van der Waals surface area contributed by atoms with Crippen molar-refractivity contribution in [2.45, 2.75) is 26.1 Å². The molecule has 4 nitrogen and oxygen atoms in total. The summed E-state index contributed by atoms with van der Waals surface area (Å²) in [6.07, 6.45) is -4.17. The van der Waals surface area contributed by atoms with E-state index in [2.05, 4.69) is 10.4 Å². The van der Waals surface area contributed by atoms with E-state index in [9.17, 15) is 26.7 Å². The van der Waals surface area contributed by atoms with E-state index in [4.69, 9.17) is 0 Å². The summed E-state index contributed by atoms with van der Waals surface area (Å²) in [7, 11) is 0. The molecule has 1 heterocycles. The SMILES string of the molecule is Cc1cc(C(F)(F)F)nn1CCCNC(=O)c1ccc(F)c(F)c1. The molecule has 0 fully saturated rings. The van der Waals surface area contributed by atoms with Gasteiger partial charge in [0.15, 0.2) is 17.3 Å². The highest BCUT2D eigenvalue weighted by Gasteiger charge is 2.34. The zero-order valence-corrected chi connectivity index (χ0v) is 12.6. The standard InChI is InChI=1S/C15H14F5N3O/c1-9-7-13(15(18,19)20)22-23(9)6-2-5-21-14(24)10-3-4-11(16)12(17)8-10/h3-4,7-8H,2,5-6H2,1H3,(H,21,24). The Balaban J connectivity index is 1.85. The Morgan fingerprint density at radius 1 is 1.21 bits per heavy atom. The third-order valence-corrected chi connectivity index (χ3v) is 3.29. The van der Waals surface area contributed by atoms with Crippen LogP contribution in [-0.2, 0) is 12.7 Å². The van der Waals surface area contributed by atoms with E-state index in [1.807, 2.05) is 0 Å². The van der Waals surface area contributed by atoms with Crippen LogP contribution in [0.5, 0.6) is 0 Å². The number of nitrogens with zero attached hydrogens (tertiary/aromatic N) is 2. The molecule has 1 amide bonds. The first-order valence-corrected chi connectivity index (χ1v) is 7.03. The van der Waals surface area contributed by atoms with Crippen molar-refractivity contribution < 1.29 is 26.7 Å². The van der Waals surface area contributed by atoms with Crippen LogP contribution in [0.1, 0.15) is 28.2 Å². The van der Waals surface area contributed by atoms with E-state index in [1.165, 1.54) is 11.6 Å². The number of halogens is 5. The molecule has 1 aromatic carbocycles. The van der Waals surface area contributed by atoms with Gasteiger partial charge in [0.25, 0.3) is 5.91 Å². The van der Waals surface area contributed by atoms with E-state index < -0.39 is 29.4 Å². The van der Waals surface area contributed by atoms with Gasteiger partial charge in [-0.25, -0.2) is 8.78 Å². The highest BCUT2D eigenvalue weighted by molar-refractivity contribution is 5.94. The maximum absolute atomic E-state index is 13.0. The summed E-state index contributed by atoms with van der Waals surface area (Å²) in [6.45, 7) is 1.83. The number of nitrogens with one attached hydrogen (secondary N) is 1. The first-order chi connectivity index (χ1) is 11.2. The molecule has 0 spiro atoms. The highest BCUT2D eigenvalue weighted by Crippen LogP contribution is 2.28. The number of hydrogen-bond donors (Lipinski definition) is 1. The van der Waals surface area contributed by atoms with Crippen LogP contribution in [-0.4, -0.2) is 22.2 Å². The van der Waals surface area contributed by atoms with E-state index >= 15 is 0 Å². The Labute approximate surface area is 134 Å². The van der Waals surface area contributed by atoms with Crippen LogP contribution in [0.15, 0.2) is 24.3 Å². The predicted molar refractivity (Wildman–Crippen MR) is 75.3 cm³/mol. The molecule has 2 rings (SSSR count). The number of benzene rings is 1. The van der Waals surface area contributed by atoms with Crippen molar-refractivity contribution in [3.63, 3.8) is 0 Å². The Bertz CT molecular complexity index is 739. The maximum atomic E-state index is 13.0. The molecule has 0 radical (unpaired) electrons. The van der Waals surface area contributed by atoms with Crippen LogP contribution in [0.3, 0.4) is 0 Å². The quantitative estimate of drug-likeness (QED) is 0.666. The molecule has 2 aromatic rings. The molecule has 24 heavy (non-hydrogen) atoms. The van der Waals surface area contributed by atoms with Crippen molar-refractivity contribution >= 4 is 5.91 Å². The number of rotatable bonds is 5. The monoisotopic (exact) mass is 347 g/mol. The third kappa shape index (κ3) is 4.30. The Hall–Kier alpha value is -2.45. The molecule has 0 saturated heterocycles. The first kappa shape index (κ1) is 17.9.